The molecule has 2 aromatic rings. The van der Waals surface area contributed by atoms with Gasteiger partial charge in [0.05, 0.1) is 17.9 Å². The number of rotatable bonds is 6. The third-order valence-corrected chi connectivity index (χ3v) is 5.95. The predicted octanol–water partition coefficient (Wildman–Crippen LogP) is 3.68. The van der Waals surface area contributed by atoms with Gasteiger partial charge in [-0.2, -0.15) is 11.8 Å². The van der Waals surface area contributed by atoms with Gasteiger partial charge in [-0.3, -0.25) is 9.69 Å². The fourth-order valence-corrected chi connectivity index (χ4v) is 4.27. The third-order valence-electron chi connectivity index (χ3n) is 5.01. The standard InChI is InChI=1S/C22H27N3O3S/c1-4-28-22(27)18-8-9-20(23-16(18)3)21(26)24-19-7-5-6-17(15(19)2)14-25-10-12-29-13-11-25/h5-9H,4,10-14H2,1-3H3,(H,24,26). The van der Waals surface area contributed by atoms with Crippen LogP contribution in [0.3, 0.4) is 0 Å². The summed E-state index contributed by atoms with van der Waals surface area (Å²) in [7, 11) is 0. The van der Waals surface area contributed by atoms with E-state index in [1.54, 1.807) is 26.0 Å². The average Bonchev–Trinajstić information content (AvgIpc) is 2.71. The van der Waals surface area contributed by atoms with Crippen LogP contribution in [0.2, 0.25) is 0 Å². The zero-order valence-corrected chi connectivity index (χ0v) is 18.0. The molecule has 1 aromatic heterocycles. The first-order valence-electron chi connectivity index (χ1n) is 9.84. The van der Waals surface area contributed by atoms with Crippen molar-refractivity contribution in [1.82, 2.24) is 9.88 Å². The van der Waals surface area contributed by atoms with Crippen molar-refractivity contribution in [3.8, 4) is 0 Å². The van der Waals surface area contributed by atoms with Crippen LogP contribution >= 0.6 is 11.8 Å². The van der Waals surface area contributed by atoms with E-state index in [0.29, 0.717) is 17.9 Å². The predicted molar refractivity (Wildman–Crippen MR) is 117 cm³/mol. The molecule has 0 atom stereocenters. The summed E-state index contributed by atoms with van der Waals surface area (Å²) in [5, 5.41) is 2.96. The van der Waals surface area contributed by atoms with Gasteiger partial charge < -0.3 is 10.1 Å². The molecule has 6 nitrogen and oxygen atoms in total. The molecule has 0 saturated carbocycles. The number of amides is 1. The molecule has 7 heteroatoms. The minimum atomic E-state index is -0.427. The lowest BCUT2D eigenvalue weighted by atomic mass is 10.1. The van der Waals surface area contributed by atoms with Crippen LogP contribution in [0.15, 0.2) is 30.3 Å². The van der Waals surface area contributed by atoms with Crippen LogP contribution in [0.25, 0.3) is 0 Å². The Hall–Kier alpha value is -2.38. The summed E-state index contributed by atoms with van der Waals surface area (Å²) in [5.74, 6) is 1.62. The minimum Gasteiger partial charge on any atom is -0.462 e. The van der Waals surface area contributed by atoms with Gasteiger partial charge in [-0.05, 0) is 50.1 Å². The molecule has 1 saturated heterocycles. The number of benzene rings is 1. The first-order valence-corrected chi connectivity index (χ1v) is 11.0. The highest BCUT2D eigenvalue weighted by Crippen LogP contribution is 2.22. The lowest BCUT2D eigenvalue weighted by Gasteiger charge is -2.27. The molecule has 0 aliphatic carbocycles. The van der Waals surface area contributed by atoms with Gasteiger partial charge in [0, 0.05) is 36.8 Å². The number of carbonyl (C=O) groups excluding carboxylic acids is 2. The van der Waals surface area contributed by atoms with Crippen LogP contribution in [0.5, 0.6) is 0 Å². The highest BCUT2D eigenvalue weighted by molar-refractivity contribution is 7.99. The second kappa shape index (κ2) is 9.89. The Labute approximate surface area is 176 Å². The summed E-state index contributed by atoms with van der Waals surface area (Å²) in [6, 6.07) is 9.14. The normalized spacial score (nSPS) is 14.4. The lowest BCUT2D eigenvalue weighted by molar-refractivity contribution is 0.0524. The van der Waals surface area contributed by atoms with Gasteiger partial charge >= 0.3 is 5.97 Å². The smallest absolute Gasteiger partial charge is 0.339 e. The maximum absolute atomic E-state index is 12.7. The maximum Gasteiger partial charge on any atom is 0.339 e. The van der Waals surface area contributed by atoms with Crippen molar-refractivity contribution < 1.29 is 14.3 Å². The highest BCUT2D eigenvalue weighted by atomic mass is 32.2. The molecule has 0 unspecified atom stereocenters. The monoisotopic (exact) mass is 413 g/mol. The molecule has 0 bridgehead atoms. The van der Waals surface area contributed by atoms with Crippen LogP contribution in [-0.4, -0.2) is 53.0 Å². The van der Waals surface area contributed by atoms with Crippen molar-refractivity contribution in [2.24, 2.45) is 0 Å². The van der Waals surface area contributed by atoms with Gasteiger partial charge in [0.2, 0.25) is 0 Å². The van der Waals surface area contributed by atoms with E-state index in [1.165, 1.54) is 17.1 Å². The van der Waals surface area contributed by atoms with Gasteiger partial charge in [-0.15, -0.1) is 0 Å². The summed E-state index contributed by atoms with van der Waals surface area (Å²) in [4.78, 5) is 31.4. The number of aryl methyl sites for hydroxylation is 1. The number of thioether (sulfide) groups is 1. The number of nitrogens with zero attached hydrogens (tertiary/aromatic N) is 2. The van der Waals surface area contributed by atoms with Crippen LogP contribution in [0, 0.1) is 13.8 Å². The fourth-order valence-electron chi connectivity index (χ4n) is 3.29. The van der Waals surface area contributed by atoms with E-state index in [0.717, 1.165) is 30.9 Å². The van der Waals surface area contributed by atoms with E-state index in [4.69, 9.17) is 4.74 Å². The van der Waals surface area contributed by atoms with E-state index >= 15 is 0 Å². The second-order valence-corrected chi connectivity index (χ2v) is 8.21. The number of nitrogens with one attached hydrogen (secondary N) is 1. The summed E-state index contributed by atoms with van der Waals surface area (Å²) >= 11 is 1.99. The summed E-state index contributed by atoms with van der Waals surface area (Å²) in [6.07, 6.45) is 0. The Morgan fingerprint density at radius 1 is 1.17 bits per heavy atom. The van der Waals surface area contributed by atoms with Crippen LogP contribution in [0.1, 0.15) is 44.6 Å². The summed E-state index contributed by atoms with van der Waals surface area (Å²) < 4.78 is 5.01. The second-order valence-electron chi connectivity index (χ2n) is 6.98. The van der Waals surface area contributed by atoms with Crippen molar-refractivity contribution in [2.45, 2.75) is 27.3 Å². The molecule has 0 spiro atoms. The van der Waals surface area contributed by atoms with Crippen molar-refractivity contribution in [3.63, 3.8) is 0 Å². The van der Waals surface area contributed by atoms with Crippen molar-refractivity contribution >= 4 is 29.3 Å². The molecule has 0 radical (unpaired) electrons. The largest absolute Gasteiger partial charge is 0.462 e. The van der Waals surface area contributed by atoms with E-state index in [2.05, 4.69) is 21.3 Å². The quantitative estimate of drug-likeness (QED) is 0.729. The van der Waals surface area contributed by atoms with Crippen molar-refractivity contribution in [1.29, 1.82) is 0 Å². The van der Waals surface area contributed by atoms with Gasteiger partial charge in [0.15, 0.2) is 0 Å². The van der Waals surface area contributed by atoms with Crippen LogP contribution in [0.4, 0.5) is 5.69 Å². The molecule has 3 rings (SSSR count). The molecular formula is C22H27N3O3S. The third kappa shape index (κ3) is 5.36. The number of carbonyl (C=O) groups is 2. The number of aromatic nitrogens is 1. The SMILES string of the molecule is CCOC(=O)c1ccc(C(=O)Nc2cccc(CN3CCSCC3)c2C)nc1C. The van der Waals surface area contributed by atoms with Gasteiger partial charge in [-0.1, -0.05) is 12.1 Å². The Morgan fingerprint density at radius 2 is 1.93 bits per heavy atom. The molecular weight excluding hydrogens is 386 g/mol. The number of pyridine rings is 1. The van der Waals surface area contributed by atoms with Gasteiger partial charge in [0.1, 0.15) is 5.69 Å². The molecule has 1 aliphatic rings. The zero-order valence-electron chi connectivity index (χ0n) is 17.2. The average molecular weight is 414 g/mol. The maximum atomic E-state index is 12.7. The first kappa shape index (κ1) is 21.3. The Morgan fingerprint density at radius 3 is 2.62 bits per heavy atom. The summed E-state index contributed by atoms with van der Waals surface area (Å²) in [6.45, 7) is 8.86. The van der Waals surface area contributed by atoms with Crippen LogP contribution in [-0.2, 0) is 11.3 Å². The highest BCUT2D eigenvalue weighted by Gasteiger charge is 2.17. The van der Waals surface area contributed by atoms with Gasteiger partial charge in [0.25, 0.3) is 5.91 Å². The first-order chi connectivity index (χ1) is 14.0. The van der Waals surface area contributed by atoms with E-state index in [1.807, 2.05) is 30.8 Å². The zero-order chi connectivity index (χ0) is 20.8. The molecule has 154 valence electrons. The Balaban J connectivity index is 1.72. The minimum absolute atomic E-state index is 0.272. The summed E-state index contributed by atoms with van der Waals surface area (Å²) in [5.41, 5.74) is 4.20. The Kier molecular flexibility index (Phi) is 7.28. The topological polar surface area (TPSA) is 71.5 Å². The lowest BCUT2D eigenvalue weighted by Crippen LogP contribution is -2.32. The van der Waals surface area contributed by atoms with Gasteiger partial charge in [-0.25, -0.2) is 9.78 Å². The van der Waals surface area contributed by atoms with E-state index < -0.39 is 5.97 Å². The van der Waals surface area contributed by atoms with Crippen LogP contribution < -0.4 is 5.32 Å². The van der Waals surface area contributed by atoms with Crippen molar-refractivity contribution in [3.05, 3.63) is 58.4 Å². The molecule has 2 heterocycles. The fraction of sp³-hybridized carbons (Fsp3) is 0.409. The molecule has 1 amide bonds. The number of esters is 1. The molecule has 1 fully saturated rings. The van der Waals surface area contributed by atoms with E-state index in [-0.39, 0.29) is 11.6 Å². The number of hydrogen-bond acceptors (Lipinski definition) is 6. The van der Waals surface area contributed by atoms with E-state index in [9.17, 15) is 9.59 Å². The molecule has 29 heavy (non-hydrogen) atoms. The number of hydrogen-bond donors (Lipinski definition) is 1. The van der Waals surface area contributed by atoms with Crippen molar-refractivity contribution in [2.75, 3.05) is 36.5 Å². The number of ether oxygens (including phenoxy) is 1. The molecule has 1 aromatic carbocycles. The molecule has 1 aliphatic heterocycles. The molecule has 1 N–H and O–H groups in total. The number of anilines is 1. The Bertz CT molecular complexity index is 895.